The van der Waals surface area contributed by atoms with Gasteiger partial charge < -0.3 is 29.8 Å². The molecule has 0 aliphatic carbocycles. The van der Waals surface area contributed by atoms with Gasteiger partial charge in [0.05, 0.1) is 19.6 Å². The summed E-state index contributed by atoms with van der Waals surface area (Å²) in [6.45, 7) is 2.28. The third kappa shape index (κ3) is 11.2. The average Bonchev–Trinajstić information content (AvgIpc) is 3.13. The molecule has 232 valence electrons. The van der Waals surface area contributed by atoms with Gasteiger partial charge >= 0.3 is 5.97 Å². The second-order valence-corrected chi connectivity index (χ2v) is 10.8. The number of rotatable bonds is 11. The number of nitrogens with one attached hydrogen (secondary N) is 2. The fraction of sp³-hybridized carbons (Fsp3) is 0.343. The molecule has 1 unspecified atom stereocenters. The summed E-state index contributed by atoms with van der Waals surface area (Å²) in [6.07, 6.45) is 5.48. The van der Waals surface area contributed by atoms with Crippen LogP contribution >= 0.6 is 0 Å². The van der Waals surface area contributed by atoms with Gasteiger partial charge in [-0.3, -0.25) is 14.4 Å². The van der Waals surface area contributed by atoms with Gasteiger partial charge in [0.25, 0.3) is 0 Å². The van der Waals surface area contributed by atoms with E-state index in [0.29, 0.717) is 52.2 Å². The molecule has 0 radical (unpaired) electrons. The predicted octanol–water partition coefficient (Wildman–Crippen LogP) is 4.48. The van der Waals surface area contributed by atoms with Gasteiger partial charge in [-0.1, -0.05) is 66.7 Å². The molecule has 1 aromatic heterocycles. The Balaban J connectivity index is 1.38. The van der Waals surface area contributed by atoms with Crippen molar-refractivity contribution < 1.29 is 29.0 Å². The van der Waals surface area contributed by atoms with Crippen LogP contribution in [0, 0.1) is 5.92 Å². The SMILES string of the molecule is O=C(O)C[C@@H](CCCc1ccc(OCc2ccccc2)cc1)C(=O)NC1Cc2ccccccn(c2)CCOCCNC1=O. The fourth-order valence-corrected chi connectivity index (χ4v) is 4.99. The van der Waals surface area contributed by atoms with Gasteiger partial charge in [0, 0.05) is 37.8 Å². The van der Waals surface area contributed by atoms with Crippen molar-refractivity contribution in [2.45, 2.75) is 51.3 Å². The maximum absolute atomic E-state index is 13.4. The maximum Gasteiger partial charge on any atom is 0.304 e. The van der Waals surface area contributed by atoms with Crippen LogP contribution in [0.1, 0.15) is 36.0 Å². The van der Waals surface area contributed by atoms with E-state index in [4.69, 9.17) is 9.47 Å². The number of carboxylic acids is 1. The minimum atomic E-state index is -1.05. The lowest BCUT2D eigenvalue weighted by molar-refractivity contribution is -0.141. The van der Waals surface area contributed by atoms with Gasteiger partial charge in [0.2, 0.25) is 11.8 Å². The summed E-state index contributed by atoms with van der Waals surface area (Å²) in [5, 5.41) is 15.3. The van der Waals surface area contributed by atoms with E-state index in [1.54, 1.807) is 0 Å². The standard InChI is InChI=1S/C35H41N3O6/c39-33(40)24-30(13-8-12-27-14-16-31(17-15-27)44-26-28-9-5-3-6-10-28)34(41)37-32-23-29-11-4-1-2-7-19-38(25-29)20-22-43-21-18-36-35(32)42/h1-7,9-11,14-17,19,25,30,32H,8,12-13,18,20-24,26H2,(H,36,42)(H,37,41)(H,39,40)/t30-,32?/m1/s1. The smallest absolute Gasteiger partial charge is 0.304 e. The predicted molar refractivity (Wildman–Crippen MR) is 167 cm³/mol. The molecule has 9 heteroatoms. The van der Waals surface area contributed by atoms with Crippen LogP contribution in [-0.2, 0) is 45.1 Å². The lowest BCUT2D eigenvalue weighted by Crippen LogP contribution is -2.50. The summed E-state index contributed by atoms with van der Waals surface area (Å²) in [5.41, 5.74) is 3.00. The Morgan fingerprint density at radius 2 is 1.73 bits per heavy atom. The van der Waals surface area contributed by atoms with Crippen molar-refractivity contribution in [3.05, 3.63) is 114 Å². The first-order valence-electron chi connectivity index (χ1n) is 15.1. The van der Waals surface area contributed by atoms with E-state index < -0.39 is 23.8 Å². The highest BCUT2D eigenvalue weighted by molar-refractivity contribution is 5.90. The van der Waals surface area contributed by atoms with Crippen LogP contribution in [0.25, 0.3) is 0 Å². The third-order valence-corrected chi connectivity index (χ3v) is 7.35. The molecule has 0 fully saturated rings. The number of nitrogens with zero attached hydrogens (tertiary/aromatic N) is 1. The van der Waals surface area contributed by atoms with Gasteiger partial charge in [-0.25, -0.2) is 0 Å². The molecule has 0 spiro atoms. The molecule has 1 aliphatic rings. The number of benzene rings is 2. The summed E-state index contributed by atoms with van der Waals surface area (Å²) >= 11 is 0. The second-order valence-electron chi connectivity index (χ2n) is 10.8. The summed E-state index contributed by atoms with van der Waals surface area (Å²) < 4.78 is 13.5. The Hall–Kier alpha value is -4.63. The minimum absolute atomic E-state index is 0.256. The van der Waals surface area contributed by atoms with Crippen LogP contribution in [0.4, 0.5) is 0 Å². The number of aromatic nitrogens is 1. The number of carbonyl (C=O) groups is 3. The fourth-order valence-electron chi connectivity index (χ4n) is 4.99. The van der Waals surface area contributed by atoms with Gasteiger partial charge in [-0.2, -0.15) is 0 Å². The first-order valence-corrected chi connectivity index (χ1v) is 15.1. The average molecular weight is 600 g/mol. The summed E-state index contributed by atoms with van der Waals surface area (Å²) in [7, 11) is 0. The van der Waals surface area contributed by atoms with Gasteiger partial charge in [-0.05, 0) is 54.2 Å². The second kappa shape index (κ2) is 17.5. The van der Waals surface area contributed by atoms with E-state index in [-0.39, 0.29) is 18.7 Å². The van der Waals surface area contributed by atoms with Crippen LogP contribution in [0.2, 0.25) is 0 Å². The number of aliphatic carboxylic acids is 1. The Kier molecular flexibility index (Phi) is 12.8. The normalized spacial score (nSPS) is 15.8. The first-order chi connectivity index (χ1) is 21.5. The van der Waals surface area contributed by atoms with Crippen molar-refractivity contribution in [1.82, 2.24) is 15.2 Å². The highest BCUT2D eigenvalue weighted by Gasteiger charge is 2.27. The van der Waals surface area contributed by atoms with Crippen molar-refractivity contribution in [3.63, 3.8) is 0 Å². The summed E-state index contributed by atoms with van der Waals surface area (Å²) in [6, 6.07) is 26.4. The van der Waals surface area contributed by atoms with E-state index in [9.17, 15) is 19.5 Å². The number of ether oxygens (including phenoxy) is 2. The number of aryl methyl sites for hydroxylation is 1. The molecule has 1 aliphatic heterocycles. The Morgan fingerprint density at radius 3 is 2.52 bits per heavy atom. The van der Waals surface area contributed by atoms with E-state index in [2.05, 4.69) is 10.6 Å². The third-order valence-electron chi connectivity index (χ3n) is 7.35. The highest BCUT2D eigenvalue weighted by atomic mass is 16.5. The molecule has 2 bridgehead atoms. The molecular weight excluding hydrogens is 558 g/mol. The van der Waals surface area contributed by atoms with Crippen molar-refractivity contribution in [1.29, 1.82) is 0 Å². The number of hydrogen-bond donors (Lipinski definition) is 3. The molecule has 2 atom stereocenters. The number of fused-ring (bicyclic) bond motifs is 2. The van der Waals surface area contributed by atoms with Gasteiger partial charge in [0.15, 0.2) is 0 Å². The molecule has 9 nitrogen and oxygen atoms in total. The minimum Gasteiger partial charge on any atom is -0.489 e. The zero-order chi connectivity index (χ0) is 31.0. The Labute approximate surface area is 258 Å². The zero-order valence-corrected chi connectivity index (χ0v) is 24.9. The molecule has 0 saturated carbocycles. The Bertz CT molecular complexity index is 1410. The lowest BCUT2D eigenvalue weighted by atomic mass is 9.95. The topological polar surface area (TPSA) is 119 Å². The van der Waals surface area contributed by atoms with Crippen molar-refractivity contribution in [2.24, 2.45) is 5.92 Å². The van der Waals surface area contributed by atoms with Gasteiger partial charge in [0.1, 0.15) is 18.4 Å². The van der Waals surface area contributed by atoms with E-state index >= 15 is 0 Å². The molecule has 2 aromatic carbocycles. The van der Waals surface area contributed by atoms with Crippen molar-refractivity contribution in [2.75, 3.05) is 19.8 Å². The van der Waals surface area contributed by atoms with Crippen LogP contribution in [0.3, 0.4) is 0 Å². The zero-order valence-electron chi connectivity index (χ0n) is 24.9. The molecule has 44 heavy (non-hydrogen) atoms. The van der Waals surface area contributed by atoms with Crippen molar-refractivity contribution >= 4 is 17.8 Å². The van der Waals surface area contributed by atoms with Crippen LogP contribution in [0.15, 0.2) is 97.3 Å². The quantitative estimate of drug-likeness (QED) is 0.299. The van der Waals surface area contributed by atoms with Gasteiger partial charge in [-0.15, -0.1) is 0 Å². The van der Waals surface area contributed by atoms with E-state index in [1.807, 2.05) is 102 Å². The summed E-state index contributed by atoms with van der Waals surface area (Å²) in [5.74, 6) is -1.84. The van der Waals surface area contributed by atoms with Crippen LogP contribution < -0.4 is 15.4 Å². The maximum atomic E-state index is 13.4. The van der Waals surface area contributed by atoms with E-state index in [0.717, 1.165) is 22.4 Å². The van der Waals surface area contributed by atoms with Crippen LogP contribution in [0.5, 0.6) is 5.75 Å². The first kappa shape index (κ1) is 32.3. The molecule has 3 aromatic rings. The molecule has 3 N–H and O–H groups in total. The molecule has 2 amide bonds. The van der Waals surface area contributed by atoms with Crippen LogP contribution in [-0.4, -0.2) is 53.3 Å². The summed E-state index contributed by atoms with van der Waals surface area (Å²) in [4.78, 5) is 38.3. The highest BCUT2D eigenvalue weighted by Crippen LogP contribution is 2.19. The number of carbonyl (C=O) groups excluding carboxylic acids is 2. The lowest BCUT2D eigenvalue weighted by Gasteiger charge is -2.22. The number of amides is 2. The molecular formula is C35H41N3O6. The molecule has 0 saturated heterocycles. The number of carboxylic acid groups (broad SMARTS) is 1. The molecule has 4 rings (SSSR count). The monoisotopic (exact) mass is 599 g/mol. The number of hydrogen-bond acceptors (Lipinski definition) is 5. The van der Waals surface area contributed by atoms with E-state index in [1.165, 1.54) is 0 Å². The largest absolute Gasteiger partial charge is 0.489 e. The van der Waals surface area contributed by atoms with Crippen molar-refractivity contribution in [3.8, 4) is 5.75 Å². The molecule has 2 heterocycles. The Morgan fingerprint density at radius 1 is 0.977 bits per heavy atom.